The summed E-state index contributed by atoms with van der Waals surface area (Å²) in [6, 6.07) is 4.21. The number of hydrogen-bond acceptors (Lipinski definition) is 3. The van der Waals surface area contributed by atoms with Crippen LogP contribution in [0, 0.1) is 0 Å². The van der Waals surface area contributed by atoms with E-state index in [9.17, 15) is 4.79 Å². The van der Waals surface area contributed by atoms with Crippen molar-refractivity contribution in [1.82, 2.24) is 4.98 Å². The molecule has 0 spiro atoms. The first-order valence-electron chi connectivity index (χ1n) is 6.26. The van der Waals surface area contributed by atoms with Crippen molar-refractivity contribution in [3.05, 3.63) is 23.4 Å². The van der Waals surface area contributed by atoms with Crippen molar-refractivity contribution < 1.29 is 4.79 Å². The fourth-order valence-corrected chi connectivity index (χ4v) is 2.16. The average Bonchev–Trinajstić information content (AvgIpc) is 2.75. The molecule has 1 aliphatic carbocycles. The number of primary amides is 1. The number of anilines is 1. The molecule has 1 aromatic heterocycles. The number of fused-ring (bicyclic) bond motifs is 1. The first kappa shape index (κ1) is 11.9. The molecule has 92 valence electrons. The van der Waals surface area contributed by atoms with Crippen LogP contribution in [-0.2, 0) is 17.6 Å². The first-order valence-corrected chi connectivity index (χ1v) is 6.26. The summed E-state index contributed by atoms with van der Waals surface area (Å²) >= 11 is 0. The third-order valence-electron chi connectivity index (χ3n) is 3.08. The molecule has 1 aliphatic rings. The molecule has 0 aliphatic heterocycles. The molecule has 4 heteroatoms. The lowest BCUT2D eigenvalue weighted by Crippen LogP contribution is -2.11. The van der Waals surface area contributed by atoms with Gasteiger partial charge in [-0.15, -0.1) is 0 Å². The number of pyridine rings is 1. The molecule has 0 unspecified atom stereocenters. The van der Waals surface area contributed by atoms with Crippen molar-refractivity contribution in [2.24, 2.45) is 5.73 Å². The maximum Gasteiger partial charge on any atom is 0.217 e. The van der Waals surface area contributed by atoms with Gasteiger partial charge in [-0.3, -0.25) is 4.79 Å². The summed E-state index contributed by atoms with van der Waals surface area (Å²) in [6.07, 6.45) is 5.76. The van der Waals surface area contributed by atoms with E-state index in [0.717, 1.165) is 31.6 Å². The van der Waals surface area contributed by atoms with E-state index >= 15 is 0 Å². The van der Waals surface area contributed by atoms with Gasteiger partial charge in [0.15, 0.2) is 0 Å². The van der Waals surface area contributed by atoms with E-state index in [1.165, 1.54) is 24.1 Å². The smallest absolute Gasteiger partial charge is 0.217 e. The van der Waals surface area contributed by atoms with Gasteiger partial charge in [0.05, 0.1) is 0 Å². The normalized spacial score (nSPS) is 13.4. The zero-order valence-electron chi connectivity index (χ0n) is 10.0. The SMILES string of the molecule is NC(=O)CCCCNc1ccc2c(n1)CCC2. The van der Waals surface area contributed by atoms with E-state index in [2.05, 4.69) is 16.4 Å². The van der Waals surface area contributed by atoms with Crippen molar-refractivity contribution >= 4 is 11.7 Å². The Morgan fingerprint density at radius 2 is 2.24 bits per heavy atom. The number of amides is 1. The lowest BCUT2D eigenvalue weighted by atomic mass is 10.2. The van der Waals surface area contributed by atoms with Crippen LogP contribution < -0.4 is 11.1 Å². The average molecular weight is 233 g/mol. The highest BCUT2D eigenvalue weighted by Crippen LogP contribution is 2.21. The Bertz CT molecular complexity index is 404. The number of unbranched alkanes of at least 4 members (excludes halogenated alkanes) is 1. The van der Waals surface area contributed by atoms with Crippen LogP contribution in [0.2, 0.25) is 0 Å². The van der Waals surface area contributed by atoms with E-state index < -0.39 is 0 Å². The molecular weight excluding hydrogens is 214 g/mol. The van der Waals surface area contributed by atoms with Crippen molar-refractivity contribution in [1.29, 1.82) is 0 Å². The topological polar surface area (TPSA) is 68.0 Å². The Morgan fingerprint density at radius 1 is 1.35 bits per heavy atom. The van der Waals surface area contributed by atoms with Gasteiger partial charge in [-0.05, 0) is 43.7 Å². The molecule has 1 heterocycles. The minimum absolute atomic E-state index is 0.222. The number of nitrogens with two attached hydrogens (primary N) is 1. The summed E-state index contributed by atoms with van der Waals surface area (Å²) in [4.78, 5) is 15.1. The minimum atomic E-state index is -0.222. The number of aromatic nitrogens is 1. The van der Waals surface area contributed by atoms with Crippen LogP contribution in [0.5, 0.6) is 0 Å². The maximum atomic E-state index is 10.5. The van der Waals surface area contributed by atoms with Gasteiger partial charge >= 0.3 is 0 Å². The van der Waals surface area contributed by atoms with Crippen LogP contribution >= 0.6 is 0 Å². The highest BCUT2D eigenvalue weighted by atomic mass is 16.1. The zero-order chi connectivity index (χ0) is 12.1. The Balaban J connectivity index is 1.74. The van der Waals surface area contributed by atoms with Crippen molar-refractivity contribution in [3.63, 3.8) is 0 Å². The molecule has 17 heavy (non-hydrogen) atoms. The summed E-state index contributed by atoms with van der Waals surface area (Å²) in [5.74, 6) is 0.727. The Hall–Kier alpha value is -1.58. The molecule has 1 amide bonds. The van der Waals surface area contributed by atoms with Crippen LogP contribution in [0.3, 0.4) is 0 Å². The third-order valence-corrected chi connectivity index (χ3v) is 3.08. The Labute approximate surface area is 102 Å². The molecule has 3 N–H and O–H groups in total. The summed E-state index contributed by atoms with van der Waals surface area (Å²) < 4.78 is 0. The molecule has 0 fully saturated rings. The predicted molar refractivity (Wildman–Crippen MR) is 67.8 cm³/mol. The molecule has 2 rings (SSSR count). The van der Waals surface area contributed by atoms with Gasteiger partial charge in [0.1, 0.15) is 5.82 Å². The number of nitrogens with one attached hydrogen (secondary N) is 1. The number of hydrogen-bond donors (Lipinski definition) is 2. The monoisotopic (exact) mass is 233 g/mol. The second-order valence-electron chi connectivity index (χ2n) is 4.51. The largest absolute Gasteiger partial charge is 0.370 e. The molecule has 0 atom stereocenters. The van der Waals surface area contributed by atoms with Crippen molar-refractivity contribution in [2.45, 2.75) is 38.5 Å². The van der Waals surface area contributed by atoms with Gasteiger partial charge in [0.2, 0.25) is 5.91 Å². The van der Waals surface area contributed by atoms with Crippen molar-refractivity contribution in [2.75, 3.05) is 11.9 Å². The van der Waals surface area contributed by atoms with E-state index in [-0.39, 0.29) is 5.91 Å². The van der Waals surface area contributed by atoms with Gasteiger partial charge in [-0.2, -0.15) is 0 Å². The Kier molecular flexibility index (Phi) is 3.96. The maximum absolute atomic E-state index is 10.5. The van der Waals surface area contributed by atoms with E-state index in [1.807, 2.05) is 6.07 Å². The second-order valence-corrected chi connectivity index (χ2v) is 4.51. The summed E-state index contributed by atoms with van der Waals surface area (Å²) in [5, 5.41) is 3.28. The van der Waals surface area contributed by atoms with E-state index in [0.29, 0.717) is 6.42 Å². The molecule has 0 radical (unpaired) electrons. The van der Waals surface area contributed by atoms with Gasteiger partial charge in [-0.25, -0.2) is 4.98 Å². The van der Waals surface area contributed by atoms with Gasteiger partial charge < -0.3 is 11.1 Å². The van der Waals surface area contributed by atoms with Crippen LogP contribution in [0.25, 0.3) is 0 Å². The van der Waals surface area contributed by atoms with Gasteiger partial charge in [-0.1, -0.05) is 6.07 Å². The molecule has 0 bridgehead atoms. The quantitative estimate of drug-likeness (QED) is 0.734. The Morgan fingerprint density at radius 3 is 3.06 bits per heavy atom. The van der Waals surface area contributed by atoms with Gasteiger partial charge in [0, 0.05) is 18.7 Å². The number of carbonyl (C=O) groups is 1. The number of rotatable bonds is 6. The number of nitrogens with zero attached hydrogens (tertiary/aromatic N) is 1. The van der Waals surface area contributed by atoms with E-state index in [1.54, 1.807) is 0 Å². The van der Waals surface area contributed by atoms with Crippen molar-refractivity contribution in [3.8, 4) is 0 Å². The predicted octanol–water partition coefficient (Wildman–Crippen LogP) is 1.64. The molecule has 0 saturated carbocycles. The molecule has 0 aromatic carbocycles. The van der Waals surface area contributed by atoms with Crippen LogP contribution in [-0.4, -0.2) is 17.4 Å². The summed E-state index contributed by atoms with van der Waals surface area (Å²) in [6.45, 7) is 0.846. The highest BCUT2D eigenvalue weighted by Gasteiger charge is 2.11. The third kappa shape index (κ3) is 3.44. The summed E-state index contributed by atoms with van der Waals surface area (Å²) in [5.41, 5.74) is 7.71. The number of carbonyl (C=O) groups excluding carboxylic acids is 1. The molecule has 1 aromatic rings. The van der Waals surface area contributed by atoms with Crippen LogP contribution in [0.15, 0.2) is 12.1 Å². The molecular formula is C13H19N3O. The fourth-order valence-electron chi connectivity index (χ4n) is 2.16. The highest BCUT2D eigenvalue weighted by molar-refractivity contribution is 5.73. The zero-order valence-corrected chi connectivity index (χ0v) is 10.0. The fraction of sp³-hybridized carbons (Fsp3) is 0.538. The molecule has 4 nitrogen and oxygen atoms in total. The lowest BCUT2D eigenvalue weighted by molar-refractivity contribution is -0.118. The van der Waals surface area contributed by atoms with E-state index in [4.69, 9.17) is 5.73 Å². The minimum Gasteiger partial charge on any atom is -0.370 e. The second kappa shape index (κ2) is 5.66. The van der Waals surface area contributed by atoms with Crippen LogP contribution in [0.1, 0.15) is 36.9 Å². The van der Waals surface area contributed by atoms with Gasteiger partial charge in [0.25, 0.3) is 0 Å². The summed E-state index contributed by atoms with van der Waals surface area (Å²) in [7, 11) is 0. The van der Waals surface area contributed by atoms with Crippen LogP contribution in [0.4, 0.5) is 5.82 Å². The lowest BCUT2D eigenvalue weighted by Gasteiger charge is -2.06. The standard InChI is InChI=1S/C13H19N3O/c14-12(17)6-1-2-9-15-13-8-7-10-4-3-5-11(10)16-13/h7-8H,1-6,9H2,(H2,14,17)(H,15,16). The first-order chi connectivity index (χ1) is 8.25. The number of aryl methyl sites for hydroxylation is 2. The molecule has 0 saturated heterocycles.